The van der Waals surface area contributed by atoms with Crippen molar-refractivity contribution >= 4 is 29.1 Å². The van der Waals surface area contributed by atoms with E-state index in [1.165, 1.54) is 6.08 Å². The van der Waals surface area contributed by atoms with Crippen LogP contribution in [-0.4, -0.2) is 5.91 Å². The first kappa shape index (κ1) is 12.1. The number of halogens is 2. The Morgan fingerprint density at radius 1 is 1.47 bits per heavy atom. The maximum absolute atomic E-state index is 11.1. The highest BCUT2D eigenvalue weighted by atomic mass is 35.5. The Labute approximate surface area is 98.9 Å². The summed E-state index contributed by atoms with van der Waals surface area (Å²) < 4.78 is 0. The van der Waals surface area contributed by atoms with Crippen molar-refractivity contribution in [1.82, 2.24) is 5.32 Å². The van der Waals surface area contributed by atoms with Gasteiger partial charge in [0.15, 0.2) is 0 Å². The van der Waals surface area contributed by atoms with E-state index in [1.54, 1.807) is 12.1 Å². The third kappa shape index (κ3) is 3.26. The maximum atomic E-state index is 11.1. The van der Waals surface area contributed by atoms with Crippen LogP contribution < -0.4 is 5.32 Å². The molecule has 1 rings (SSSR count). The second-order valence-corrected chi connectivity index (χ2v) is 3.92. The van der Waals surface area contributed by atoms with Crippen molar-refractivity contribution in [1.29, 1.82) is 0 Å². The molecule has 0 radical (unpaired) electrons. The lowest BCUT2D eigenvalue weighted by Crippen LogP contribution is -2.24. The quantitative estimate of drug-likeness (QED) is 0.811. The average molecular weight is 244 g/mol. The summed E-state index contributed by atoms with van der Waals surface area (Å²) >= 11 is 11.6. The molecule has 0 fully saturated rings. The number of hydrogen-bond donors (Lipinski definition) is 1. The predicted octanol–water partition coefficient (Wildman–Crippen LogP) is 3.36. The van der Waals surface area contributed by atoms with Gasteiger partial charge in [0, 0.05) is 0 Å². The molecule has 0 aliphatic heterocycles. The fourth-order valence-corrected chi connectivity index (χ4v) is 1.44. The molecule has 0 spiro atoms. The van der Waals surface area contributed by atoms with Crippen LogP contribution in [-0.2, 0) is 4.79 Å². The Morgan fingerprint density at radius 3 is 2.67 bits per heavy atom. The molecule has 1 N–H and O–H groups in total. The Balaban J connectivity index is 2.82. The normalized spacial score (nSPS) is 11.9. The van der Waals surface area contributed by atoms with Crippen molar-refractivity contribution < 1.29 is 4.79 Å². The van der Waals surface area contributed by atoms with Gasteiger partial charge in [-0.1, -0.05) is 35.8 Å². The SMILES string of the molecule is C=CC(=O)N[C@H](C)c1ccc(Cl)c(Cl)c1. The van der Waals surface area contributed by atoms with E-state index < -0.39 is 0 Å². The summed E-state index contributed by atoms with van der Waals surface area (Å²) in [6, 6.07) is 5.14. The number of benzene rings is 1. The van der Waals surface area contributed by atoms with E-state index >= 15 is 0 Å². The molecular weight excluding hydrogens is 233 g/mol. The van der Waals surface area contributed by atoms with Crippen LogP contribution in [0, 0.1) is 0 Å². The molecule has 0 saturated heterocycles. The first-order chi connectivity index (χ1) is 7.04. The molecule has 0 bridgehead atoms. The van der Waals surface area contributed by atoms with Crippen LogP contribution >= 0.6 is 23.2 Å². The van der Waals surface area contributed by atoms with Gasteiger partial charge in [0.1, 0.15) is 0 Å². The monoisotopic (exact) mass is 243 g/mol. The molecule has 80 valence electrons. The summed E-state index contributed by atoms with van der Waals surface area (Å²) in [5.41, 5.74) is 0.902. The Kier molecular flexibility index (Phi) is 4.18. The topological polar surface area (TPSA) is 29.1 Å². The summed E-state index contributed by atoms with van der Waals surface area (Å²) in [4.78, 5) is 11.1. The largest absolute Gasteiger partial charge is 0.346 e. The summed E-state index contributed by atoms with van der Waals surface area (Å²) in [6.07, 6.45) is 1.23. The lowest BCUT2D eigenvalue weighted by molar-refractivity contribution is -0.117. The van der Waals surface area contributed by atoms with Crippen LogP contribution in [0.3, 0.4) is 0 Å². The number of rotatable bonds is 3. The fourth-order valence-electron chi connectivity index (χ4n) is 1.14. The Hall–Kier alpha value is -0.990. The average Bonchev–Trinajstić information content (AvgIpc) is 2.21. The molecule has 0 saturated carbocycles. The summed E-state index contributed by atoms with van der Waals surface area (Å²) in [7, 11) is 0. The van der Waals surface area contributed by atoms with Gasteiger partial charge < -0.3 is 5.32 Å². The molecule has 15 heavy (non-hydrogen) atoms. The number of hydrogen-bond acceptors (Lipinski definition) is 1. The highest BCUT2D eigenvalue weighted by Crippen LogP contribution is 2.25. The molecule has 1 aromatic rings. The zero-order chi connectivity index (χ0) is 11.4. The van der Waals surface area contributed by atoms with E-state index in [4.69, 9.17) is 23.2 Å². The standard InChI is InChI=1S/C11H11Cl2NO/c1-3-11(15)14-7(2)8-4-5-9(12)10(13)6-8/h3-7H,1H2,2H3,(H,14,15)/t7-/m1/s1. The van der Waals surface area contributed by atoms with Gasteiger partial charge in [-0.3, -0.25) is 4.79 Å². The summed E-state index contributed by atoms with van der Waals surface area (Å²) in [5.74, 6) is -0.214. The molecule has 0 aromatic heterocycles. The second kappa shape index (κ2) is 5.19. The number of carbonyl (C=O) groups is 1. The summed E-state index contributed by atoms with van der Waals surface area (Å²) in [5, 5.41) is 3.72. The van der Waals surface area contributed by atoms with E-state index in [0.717, 1.165) is 5.56 Å². The third-order valence-electron chi connectivity index (χ3n) is 1.99. The van der Waals surface area contributed by atoms with Gasteiger partial charge in [0.05, 0.1) is 16.1 Å². The molecule has 0 heterocycles. The first-order valence-corrected chi connectivity index (χ1v) is 5.18. The Morgan fingerprint density at radius 2 is 2.13 bits per heavy atom. The first-order valence-electron chi connectivity index (χ1n) is 4.42. The number of amides is 1. The molecule has 1 atom stereocenters. The van der Waals surface area contributed by atoms with Crippen LogP contribution in [0.4, 0.5) is 0 Å². The molecule has 1 aromatic carbocycles. The van der Waals surface area contributed by atoms with Crippen molar-refractivity contribution in [2.24, 2.45) is 0 Å². The van der Waals surface area contributed by atoms with Crippen LogP contribution in [0.15, 0.2) is 30.9 Å². The number of carbonyl (C=O) groups excluding carboxylic acids is 1. The lowest BCUT2D eigenvalue weighted by atomic mass is 10.1. The fraction of sp³-hybridized carbons (Fsp3) is 0.182. The van der Waals surface area contributed by atoms with E-state index in [2.05, 4.69) is 11.9 Å². The van der Waals surface area contributed by atoms with Crippen LogP contribution in [0.1, 0.15) is 18.5 Å². The van der Waals surface area contributed by atoms with E-state index in [1.807, 2.05) is 13.0 Å². The van der Waals surface area contributed by atoms with Crippen molar-refractivity contribution in [3.05, 3.63) is 46.5 Å². The van der Waals surface area contributed by atoms with Crippen molar-refractivity contribution in [3.63, 3.8) is 0 Å². The number of nitrogens with one attached hydrogen (secondary N) is 1. The molecule has 2 nitrogen and oxygen atoms in total. The van der Waals surface area contributed by atoms with Gasteiger partial charge in [-0.15, -0.1) is 0 Å². The van der Waals surface area contributed by atoms with Crippen LogP contribution in [0.2, 0.25) is 10.0 Å². The Bertz CT molecular complexity index is 390. The minimum Gasteiger partial charge on any atom is -0.346 e. The lowest BCUT2D eigenvalue weighted by Gasteiger charge is -2.13. The van der Waals surface area contributed by atoms with E-state index in [-0.39, 0.29) is 11.9 Å². The molecule has 0 unspecified atom stereocenters. The van der Waals surface area contributed by atoms with E-state index in [9.17, 15) is 4.79 Å². The molecule has 0 aliphatic carbocycles. The van der Waals surface area contributed by atoms with Crippen LogP contribution in [0.5, 0.6) is 0 Å². The second-order valence-electron chi connectivity index (χ2n) is 3.11. The van der Waals surface area contributed by atoms with Gasteiger partial charge >= 0.3 is 0 Å². The zero-order valence-corrected chi connectivity index (χ0v) is 9.77. The van der Waals surface area contributed by atoms with Gasteiger partial charge in [-0.25, -0.2) is 0 Å². The van der Waals surface area contributed by atoms with Crippen molar-refractivity contribution in [2.45, 2.75) is 13.0 Å². The van der Waals surface area contributed by atoms with Crippen molar-refractivity contribution in [2.75, 3.05) is 0 Å². The highest BCUT2D eigenvalue weighted by molar-refractivity contribution is 6.42. The minimum atomic E-state index is -0.214. The smallest absolute Gasteiger partial charge is 0.243 e. The highest BCUT2D eigenvalue weighted by Gasteiger charge is 2.08. The van der Waals surface area contributed by atoms with Gasteiger partial charge in [-0.05, 0) is 30.7 Å². The zero-order valence-electron chi connectivity index (χ0n) is 8.26. The molecular formula is C11H11Cl2NO. The van der Waals surface area contributed by atoms with Crippen LogP contribution in [0.25, 0.3) is 0 Å². The maximum Gasteiger partial charge on any atom is 0.243 e. The molecule has 1 amide bonds. The van der Waals surface area contributed by atoms with E-state index in [0.29, 0.717) is 10.0 Å². The molecule has 0 aliphatic rings. The molecule has 4 heteroatoms. The predicted molar refractivity (Wildman–Crippen MR) is 63.2 cm³/mol. The third-order valence-corrected chi connectivity index (χ3v) is 2.73. The summed E-state index contributed by atoms with van der Waals surface area (Å²) in [6.45, 7) is 5.24. The van der Waals surface area contributed by atoms with Gasteiger partial charge in [0.2, 0.25) is 5.91 Å². The van der Waals surface area contributed by atoms with Gasteiger partial charge in [0.25, 0.3) is 0 Å². The minimum absolute atomic E-state index is 0.120. The van der Waals surface area contributed by atoms with Crippen molar-refractivity contribution in [3.8, 4) is 0 Å². The van der Waals surface area contributed by atoms with Gasteiger partial charge in [-0.2, -0.15) is 0 Å².